The number of hydrogen-bond acceptors (Lipinski definition) is 6. The number of piperazine rings is 1. The number of thiazole rings is 1. The lowest BCUT2D eigenvalue weighted by Gasteiger charge is -2.35. The van der Waals surface area contributed by atoms with Gasteiger partial charge in [0.25, 0.3) is 0 Å². The Kier molecular flexibility index (Phi) is 4.65. The number of thiophene rings is 1. The van der Waals surface area contributed by atoms with Crippen LogP contribution in [-0.2, 0) is 18.3 Å². The number of nitrogens with zero attached hydrogens (tertiary/aromatic N) is 4. The van der Waals surface area contributed by atoms with E-state index in [4.69, 9.17) is 0 Å². The first-order chi connectivity index (χ1) is 12.2. The Morgan fingerprint density at radius 3 is 3.12 bits per heavy atom. The highest BCUT2D eigenvalue weighted by atomic mass is 32.1. The average molecular weight is 374 g/mol. The van der Waals surface area contributed by atoms with Gasteiger partial charge in [0, 0.05) is 44.5 Å². The highest BCUT2D eigenvalue weighted by Crippen LogP contribution is 2.28. The molecule has 1 fully saturated rings. The summed E-state index contributed by atoms with van der Waals surface area (Å²) in [5.41, 5.74) is 0.843. The zero-order chi connectivity index (χ0) is 17.2. The maximum Gasteiger partial charge on any atom is 0.229 e. The Bertz CT molecular complexity index is 854. The predicted octanol–water partition coefficient (Wildman–Crippen LogP) is 2.32. The Morgan fingerprint density at radius 2 is 2.36 bits per heavy atom. The summed E-state index contributed by atoms with van der Waals surface area (Å²) in [6, 6.07) is 4.05. The van der Waals surface area contributed by atoms with Crippen LogP contribution in [0.4, 0.5) is 0 Å². The second kappa shape index (κ2) is 7.07. The fourth-order valence-electron chi connectivity index (χ4n) is 3.09. The first-order valence-corrected chi connectivity index (χ1v) is 9.94. The van der Waals surface area contributed by atoms with Crippen molar-refractivity contribution in [3.05, 3.63) is 46.8 Å². The van der Waals surface area contributed by atoms with E-state index < -0.39 is 0 Å². The second-order valence-electron chi connectivity index (χ2n) is 6.00. The Morgan fingerprint density at radius 1 is 1.44 bits per heavy atom. The SMILES string of the molecule is Cn1ccnc1C1CNCCN1C(=O)Cc1csc(-c2cccs2)n1. The summed E-state index contributed by atoms with van der Waals surface area (Å²) in [5, 5.41) is 8.38. The number of aryl methyl sites for hydroxylation is 1. The minimum Gasteiger partial charge on any atom is -0.336 e. The van der Waals surface area contributed by atoms with E-state index in [2.05, 4.69) is 21.4 Å². The summed E-state index contributed by atoms with van der Waals surface area (Å²) in [6.45, 7) is 2.23. The number of hydrogen-bond donors (Lipinski definition) is 1. The van der Waals surface area contributed by atoms with Gasteiger partial charge in [-0.1, -0.05) is 6.07 Å². The average Bonchev–Trinajstić information content (AvgIpc) is 3.36. The molecule has 1 aliphatic heterocycles. The van der Waals surface area contributed by atoms with Crippen LogP contribution in [0.15, 0.2) is 35.3 Å². The fourth-order valence-corrected chi connectivity index (χ4v) is 4.72. The number of carbonyl (C=O) groups is 1. The van der Waals surface area contributed by atoms with E-state index >= 15 is 0 Å². The molecule has 1 atom stereocenters. The molecular weight excluding hydrogens is 354 g/mol. The molecule has 1 N–H and O–H groups in total. The van der Waals surface area contributed by atoms with Crippen molar-refractivity contribution in [3.63, 3.8) is 0 Å². The summed E-state index contributed by atoms with van der Waals surface area (Å²) in [6.07, 6.45) is 4.03. The molecule has 0 aromatic carbocycles. The normalized spacial score (nSPS) is 17.8. The molecule has 3 aromatic rings. The molecule has 25 heavy (non-hydrogen) atoms. The Labute approximate surface area is 154 Å². The minimum atomic E-state index is -0.0309. The van der Waals surface area contributed by atoms with Crippen LogP contribution in [-0.4, -0.2) is 45.0 Å². The molecule has 0 spiro atoms. The standard InChI is InChI=1S/C17H19N5OS2/c1-21-6-5-19-16(21)13-10-18-4-7-22(13)15(23)9-12-11-25-17(20-12)14-3-2-8-24-14/h2-3,5-6,8,11,13,18H,4,7,9-10H2,1H3. The van der Waals surface area contributed by atoms with Gasteiger partial charge in [0.05, 0.1) is 17.0 Å². The van der Waals surface area contributed by atoms with Crippen LogP contribution in [0.1, 0.15) is 17.6 Å². The first kappa shape index (κ1) is 16.4. The zero-order valence-electron chi connectivity index (χ0n) is 13.9. The van der Waals surface area contributed by atoms with Crippen LogP contribution in [0.3, 0.4) is 0 Å². The third-order valence-corrected chi connectivity index (χ3v) is 6.27. The number of carbonyl (C=O) groups excluding carboxylic acids is 1. The van der Waals surface area contributed by atoms with Gasteiger partial charge in [0.1, 0.15) is 16.9 Å². The van der Waals surface area contributed by atoms with E-state index in [1.165, 1.54) is 0 Å². The molecule has 1 amide bonds. The van der Waals surface area contributed by atoms with Gasteiger partial charge in [-0.25, -0.2) is 9.97 Å². The van der Waals surface area contributed by atoms with Gasteiger partial charge in [0.2, 0.25) is 5.91 Å². The summed E-state index contributed by atoms with van der Waals surface area (Å²) < 4.78 is 1.98. The fraction of sp³-hybridized carbons (Fsp3) is 0.353. The van der Waals surface area contributed by atoms with E-state index in [0.717, 1.165) is 34.5 Å². The van der Waals surface area contributed by atoms with Crippen LogP contribution in [0, 0.1) is 0 Å². The van der Waals surface area contributed by atoms with Gasteiger partial charge in [-0.2, -0.15) is 0 Å². The highest BCUT2D eigenvalue weighted by molar-refractivity contribution is 7.20. The van der Waals surface area contributed by atoms with Crippen LogP contribution in [0.5, 0.6) is 0 Å². The smallest absolute Gasteiger partial charge is 0.229 e. The predicted molar refractivity (Wildman–Crippen MR) is 99.7 cm³/mol. The molecule has 0 aliphatic carbocycles. The van der Waals surface area contributed by atoms with Crippen LogP contribution in [0.25, 0.3) is 9.88 Å². The Hall–Kier alpha value is -2.03. The van der Waals surface area contributed by atoms with E-state index in [0.29, 0.717) is 13.0 Å². The number of rotatable bonds is 4. The maximum absolute atomic E-state index is 12.9. The minimum absolute atomic E-state index is 0.0309. The first-order valence-electron chi connectivity index (χ1n) is 8.18. The monoisotopic (exact) mass is 373 g/mol. The largest absolute Gasteiger partial charge is 0.336 e. The van der Waals surface area contributed by atoms with Crippen molar-refractivity contribution in [1.29, 1.82) is 0 Å². The molecule has 1 aliphatic rings. The quantitative estimate of drug-likeness (QED) is 0.762. The summed E-state index contributed by atoms with van der Waals surface area (Å²) in [5.74, 6) is 1.02. The molecule has 3 aromatic heterocycles. The van der Waals surface area contributed by atoms with Gasteiger partial charge in [-0.3, -0.25) is 4.79 Å². The van der Waals surface area contributed by atoms with Gasteiger partial charge in [-0.15, -0.1) is 22.7 Å². The number of amides is 1. The molecule has 6 nitrogen and oxygen atoms in total. The van der Waals surface area contributed by atoms with Gasteiger partial charge < -0.3 is 14.8 Å². The van der Waals surface area contributed by atoms with Crippen molar-refractivity contribution in [3.8, 4) is 9.88 Å². The van der Waals surface area contributed by atoms with Gasteiger partial charge in [-0.05, 0) is 11.4 Å². The van der Waals surface area contributed by atoms with E-state index in [1.807, 2.05) is 39.5 Å². The lowest BCUT2D eigenvalue weighted by atomic mass is 10.1. The lowest BCUT2D eigenvalue weighted by molar-refractivity contribution is -0.134. The van der Waals surface area contributed by atoms with Crippen molar-refractivity contribution < 1.29 is 4.79 Å². The maximum atomic E-state index is 12.9. The number of nitrogens with one attached hydrogen (secondary N) is 1. The molecule has 0 saturated carbocycles. The van der Waals surface area contributed by atoms with Crippen LogP contribution >= 0.6 is 22.7 Å². The van der Waals surface area contributed by atoms with Gasteiger partial charge in [0.15, 0.2) is 0 Å². The summed E-state index contributed by atoms with van der Waals surface area (Å²) in [4.78, 5) is 25.1. The third-order valence-electron chi connectivity index (χ3n) is 4.34. The molecule has 0 radical (unpaired) electrons. The van der Waals surface area contributed by atoms with Crippen molar-refractivity contribution in [2.45, 2.75) is 12.5 Å². The Balaban J connectivity index is 1.50. The third kappa shape index (κ3) is 3.37. The molecular formula is C17H19N5OS2. The lowest BCUT2D eigenvalue weighted by Crippen LogP contribution is -2.49. The van der Waals surface area contributed by atoms with E-state index in [9.17, 15) is 4.79 Å². The summed E-state index contributed by atoms with van der Waals surface area (Å²) in [7, 11) is 1.97. The summed E-state index contributed by atoms with van der Waals surface area (Å²) >= 11 is 3.27. The number of aromatic nitrogens is 3. The van der Waals surface area contributed by atoms with Gasteiger partial charge >= 0.3 is 0 Å². The van der Waals surface area contributed by atoms with Crippen LogP contribution in [0.2, 0.25) is 0 Å². The molecule has 130 valence electrons. The van der Waals surface area contributed by atoms with Crippen molar-refractivity contribution in [2.75, 3.05) is 19.6 Å². The molecule has 1 saturated heterocycles. The molecule has 4 heterocycles. The molecule has 0 bridgehead atoms. The van der Waals surface area contributed by atoms with Crippen molar-refractivity contribution in [2.24, 2.45) is 7.05 Å². The van der Waals surface area contributed by atoms with Crippen molar-refractivity contribution in [1.82, 2.24) is 24.8 Å². The zero-order valence-corrected chi connectivity index (χ0v) is 15.5. The second-order valence-corrected chi connectivity index (χ2v) is 7.81. The number of imidazole rings is 1. The van der Waals surface area contributed by atoms with E-state index in [1.54, 1.807) is 28.9 Å². The van der Waals surface area contributed by atoms with E-state index in [-0.39, 0.29) is 11.9 Å². The molecule has 1 unspecified atom stereocenters. The molecule has 4 rings (SSSR count). The molecule has 8 heteroatoms. The topological polar surface area (TPSA) is 63.1 Å². The highest BCUT2D eigenvalue weighted by Gasteiger charge is 2.30. The van der Waals surface area contributed by atoms with Crippen molar-refractivity contribution >= 4 is 28.6 Å². The van der Waals surface area contributed by atoms with Crippen LogP contribution < -0.4 is 5.32 Å².